The Morgan fingerprint density at radius 2 is 1.64 bits per heavy atom. The van der Waals surface area contributed by atoms with Crippen molar-refractivity contribution in [3.8, 4) is 0 Å². The summed E-state index contributed by atoms with van der Waals surface area (Å²) >= 11 is 0. The van der Waals surface area contributed by atoms with E-state index in [0.29, 0.717) is 0 Å². The summed E-state index contributed by atoms with van der Waals surface area (Å²) < 4.78 is 5.13. The molecule has 82 valence electrons. The van der Waals surface area contributed by atoms with Gasteiger partial charge in [0.2, 0.25) is 0 Å². The van der Waals surface area contributed by atoms with E-state index in [-0.39, 0.29) is 11.4 Å². The van der Waals surface area contributed by atoms with Crippen LogP contribution in [0.15, 0.2) is 12.2 Å². The molecule has 0 aliphatic carbocycles. The van der Waals surface area contributed by atoms with Gasteiger partial charge in [0, 0.05) is 6.08 Å². The second-order valence-electron chi connectivity index (χ2n) is 5.70. The fourth-order valence-electron chi connectivity index (χ4n) is 0.845. The summed E-state index contributed by atoms with van der Waals surface area (Å²) in [5, 5.41) is 0. The lowest BCUT2D eigenvalue weighted by molar-refractivity contribution is -0.148. The van der Waals surface area contributed by atoms with Crippen molar-refractivity contribution in [2.24, 2.45) is 5.41 Å². The maximum Gasteiger partial charge on any atom is 0.330 e. The highest BCUT2D eigenvalue weighted by molar-refractivity contribution is 5.82. The molecule has 0 aliphatic rings. The minimum atomic E-state index is -0.400. The van der Waals surface area contributed by atoms with Crippen LogP contribution in [0.1, 0.15) is 48.0 Å². The molecule has 0 unspecified atom stereocenters. The van der Waals surface area contributed by atoms with Crippen LogP contribution in [0.5, 0.6) is 0 Å². The van der Waals surface area contributed by atoms with Gasteiger partial charge in [0.15, 0.2) is 0 Å². The van der Waals surface area contributed by atoms with Gasteiger partial charge in [-0.05, 0) is 32.6 Å². The molecule has 0 N–H and O–H groups in total. The number of allylic oxidation sites excluding steroid dienone is 1. The number of hydrogen-bond acceptors (Lipinski definition) is 2. The van der Waals surface area contributed by atoms with Crippen molar-refractivity contribution in [3.05, 3.63) is 12.2 Å². The molecule has 0 fully saturated rings. The molecule has 14 heavy (non-hydrogen) atoms. The normalized spacial score (nSPS) is 13.3. The van der Waals surface area contributed by atoms with Crippen molar-refractivity contribution in [3.63, 3.8) is 0 Å². The van der Waals surface area contributed by atoms with Crippen LogP contribution >= 0.6 is 0 Å². The van der Waals surface area contributed by atoms with Crippen LogP contribution in [0.25, 0.3) is 0 Å². The second-order valence-corrected chi connectivity index (χ2v) is 5.70. The molecule has 0 heterocycles. The summed E-state index contributed by atoms with van der Waals surface area (Å²) in [6.07, 6.45) is 4.26. The predicted molar refractivity (Wildman–Crippen MR) is 59.1 cm³/mol. The molecule has 0 aliphatic heterocycles. The zero-order chi connectivity index (χ0) is 11.4. The Labute approximate surface area is 87.3 Å². The van der Waals surface area contributed by atoms with E-state index in [1.54, 1.807) is 0 Å². The first-order valence-corrected chi connectivity index (χ1v) is 5.00. The van der Waals surface area contributed by atoms with Gasteiger partial charge in [-0.3, -0.25) is 0 Å². The van der Waals surface area contributed by atoms with Crippen molar-refractivity contribution in [2.75, 3.05) is 0 Å². The fraction of sp³-hybridized carbons (Fsp3) is 0.750. The third-order valence-electron chi connectivity index (χ3n) is 1.39. The molecule has 0 radical (unpaired) electrons. The first-order chi connectivity index (χ1) is 6.10. The van der Waals surface area contributed by atoms with E-state index < -0.39 is 5.60 Å². The minimum Gasteiger partial charge on any atom is -0.457 e. The monoisotopic (exact) mass is 198 g/mol. The Kier molecular flexibility index (Phi) is 4.37. The zero-order valence-corrected chi connectivity index (χ0v) is 10.2. The van der Waals surface area contributed by atoms with Gasteiger partial charge >= 0.3 is 5.97 Å². The van der Waals surface area contributed by atoms with Crippen LogP contribution in [0, 0.1) is 5.41 Å². The summed E-state index contributed by atoms with van der Waals surface area (Å²) in [4.78, 5) is 11.2. The topological polar surface area (TPSA) is 26.3 Å². The van der Waals surface area contributed by atoms with E-state index in [0.717, 1.165) is 6.42 Å². The van der Waals surface area contributed by atoms with Gasteiger partial charge in [0.1, 0.15) is 5.60 Å². The molecule has 0 saturated heterocycles. The van der Waals surface area contributed by atoms with Gasteiger partial charge in [-0.25, -0.2) is 4.79 Å². The maximum absolute atomic E-state index is 11.2. The summed E-state index contributed by atoms with van der Waals surface area (Å²) in [5.41, 5.74) is -0.179. The van der Waals surface area contributed by atoms with Crippen LogP contribution in [-0.2, 0) is 9.53 Å². The molecule has 0 rings (SSSR count). The first-order valence-electron chi connectivity index (χ1n) is 5.00. The van der Waals surface area contributed by atoms with E-state index in [4.69, 9.17) is 4.74 Å². The number of rotatable bonds is 2. The number of hydrogen-bond donors (Lipinski definition) is 0. The average Bonchev–Trinajstić information content (AvgIpc) is 1.78. The summed E-state index contributed by atoms with van der Waals surface area (Å²) in [6, 6.07) is 0. The number of carbonyl (C=O) groups excluding carboxylic acids is 1. The number of carbonyl (C=O) groups is 1. The molecule has 0 amide bonds. The van der Waals surface area contributed by atoms with Crippen molar-refractivity contribution >= 4 is 5.97 Å². The highest BCUT2D eigenvalue weighted by Crippen LogP contribution is 2.18. The van der Waals surface area contributed by atoms with Gasteiger partial charge in [0.05, 0.1) is 0 Å². The molecule has 0 aromatic rings. The largest absolute Gasteiger partial charge is 0.457 e. The SMILES string of the molecule is CC(C)(C)C/C=C/C(=O)OC(C)(C)C. The van der Waals surface area contributed by atoms with E-state index in [1.807, 2.05) is 26.8 Å². The van der Waals surface area contributed by atoms with Crippen molar-refractivity contribution in [1.82, 2.24) is 0 Å². The molecule has 0 aromatic heterocycles. The van der Waals surface area contributed by atoms with Crippen LogP contribution < -0.4 is 0 Å². The quantitative estimate of drug-likeness (QED) is 0.502. The van der Waals surface area contributed by atoms with E-state index >= 15 is 0 Å². The third kappa shape index (κ3) is 9.30. The van der Waals surface area contributed by atoms with Gasteiger partial charge < -0.3 is 4.74 Å². The summed E-state index contributed by atoms with van der Waals surface area (Å²) in [7, 11) is 0. The standard InChI is InChI=1S/C12H22O2/c1-11(2,3)9-7-8-10(13)14-12(4,5)6/h7-8H,9H2,1-6H3/b8-7+. The number of ether oxygens (including phenoxy) is 1. The molecular weight excluding hydrogens is 176 g/mol. The van der Waals surface area contributed by atoms with Crippen molar-refractivity contribution in [1.29, 1.82) is 0 Å². The lowest BCUT2D eigenvalue weighted by Crippen LogP contribution is -2.22. The Morgan fingerprint density at radius 1 is 1.14 bits per heavy atom. The van der Waals surface area contributed by atoms with Crippen LogP contribution in [0.3, 0.4) is 0 Å². The van der Waals surface area contributed by atoms with E-state index in [1.165, 1.54) is 6.08 Å². The Bertz CT molecular complexity index is 213. The van der Waals surface area contributed by atoms with Gasteiger partial charge in [0.25, 0.3) is 0 Å². The Balaban J connectivity index is 3.96. The lowest BCUT2D eigenvalue weighted by atomic mass is 9.92. The summed E-state index contributed by atoms with van der Waals surface area (Å²) in [5.74, 6) is -0.262. The molecule has 2 nitrogen and oxygen atoms in total. The fourth-order valence-corrected chi connectivity index (χ4v) is 0.845. The Morgan fingerprint density at radius 3 is 2.00 bits per heavy atom. The van der Waals surface area contributed by atoms with Gasteiger partial charge in [-0.15, -0.1) is 0 Å². The Hall–Kier alpha value is -0.790. The molecule has 0 aromatic carbocycles. The number of esters is 1. The van der Waals surface area contributed by atoms with Crippen LogP contribution in [0.2, 0.25) is 0 Å². The van der Waals surface area contributed by atoms with Crippen molar-refractivity contribution in [2.45, 2.75) is 53.6 Å². The molecule has 0 spiro atoms. The van der Waals surface area contributed by atoms with Gasteiger partial charge in [-0.2, -0.15) is 0 Å². The highest BCUT2D eigenvalue weighted by Gasteiger charge is 2.14. The highest BCUT2D eigenvalue weighted by atomic mass is 16.6. The van der Waals surface area contributed by atoms with E-state index in [9.17, 15) is 4.79 Å². The first kappa shape index (κ1) is 13.2. The maximum atomic E-state index is 11.2. The van der Waals surface area contributed by atoms with Crippen LogP contribution in [0.4, 0.5) is 0 Å². The molecule has 0 bridgehead atoms. The second kappa shape index (κ2) is 4.63. The predicted octanol–water partition coefficient (Wildman–Crippen LogP) is 3.32. The third-order valence-corrected chi connectivity index (χ3v) is 1.39. The van der Waals surface area contributed by atoms with Gasteiger partial charge in [-0.1, -0.05) is 26.8 Å². The van der Waals surface area contributed by atoms with Crippen LogP contribution in [-0.4, -0.2) is 11.6 Å². The van der Waals surface area contributed by atoms with E-state index in [2.05, 4.69) is 20.8 Å². The molecule has 2 heteroatoms. The molecule has 0 atom stereocenters. The van der Waals surface area contributed by atoms with Crippen molar-refractivity contribution < 1.29 is 9.53 Å². The zero-order valence-electron chi connectivity index (χ0n) is 10.2. The lowest BCUT2D eigenvalue weighted by Gasteiger charge is -2.18. The minimum absolute atomic E-state index is 0.221. The average molecular weight is 198 g/mol. The smallest absolute Gasteiger partial charge is 0.330 e. The molecular formula is C12H22O2. The summed E-state index contributed by atoms with van der Waals surface area (Å²) in [6.45, 7) is 12.0. The molecule has 0 saturated carbocycles.